The monoisotopic (exact) mass is 282 g/mol. The molecule has 0 aromatic heterocycles. The molecule has 1 aliphatic carbocycles. The van der Waals surface area contributed by atoms with E-state index in [1.807, 2.05) is 11.8 Å². The van der Waals surface area contributed by atoms with Crippen molar-refractivity contribution >= 4 is 11.9 Å². The van der Waals surface area contributed by atoms with Gasteiger partial charge in [0.25, 0.3) is 0 Å². The number of hydrogen-bond acceptors (Lipinski definition) is 3. The van der Waals surface area contributed by atoms with Gasteiger partial charge in [-0.05, 0) is 31.7 Å². The molecule has 1 saturated carbocycles. The summed E-state index contributed by atoms with van der Waals surface area (Å²) in [6.45, 7) is 8.61. The third-order valence-corrected chi connectivity index (χ3v) is 4.66. The summed E-state index contributed by atoms with van der Waals surface area (Å²) in [6, 6.07) is 0. The average molecular weight is 282 g/mol. The predicted octanol–water partition coefficient (Wildman–Crippen LogP) is 1.29. The molecular weight excluding hydrogens is 256 g/mol. The van der Waals surface area contributed by atoms with Crippen molar-refractivity contribution in [2.75, 3.05) is 32.7 Å². The van der Waals surface area contributed by atoms with E-state index in [0.29, 0.717) is 12.3 Å². The first kappa shape index (κ1) is 15.3. The van der Waals surface area contributed by atoms with Crippen LogP contribution in [0.4, 0.5) is 0 Å². The van der Waals surface area contributed by atoms with Crippen molar-refractivity contribution in [3.8, 4) is 0 Å². The normalized spacial score (nSPS) is 31.5. The lowest BCUT2D eigenvalue weighted by atomic mass is 9.94. The van der Waals surface area contributed by atoms with Gasteiger partial charge < -0.3 is 10.0 Å². The number of carbonyl (C=O) groups is 2. The maximum absolute atomic E-state index is 12.6. The average Bonchev–Trinajstić information content (AvgIpc) is 2.81. The molecule has 1 saturated heterocycles. The summed E-state index contributed by atoms with van der Waals surface area (Å²) in [5.74, 6) is -1.19. The largest absolute Gasteiger partial charge is 0.481 e. The Balaban J connectivity index is 1.93. The van der Waals surface area contributed by atoms with Crippen LogP contribution in [0.25, 0.3) is 0 Å². The number of piperazine rings is 1. The second kappa shape index (κ2) is 6.57. The lowest BCUT2D eigenvalue weighted by Gasteiger charge is -2.36. The van der Waals surface area contributed by atoms with E-state index in [1.54, 1.807) is 0 Å². The summed E-state index contributed by atoms with van der Waals surface area (Å²) in [4.78, 5) is 28.1. The van der Waals surface area contributed by atoms with E-state index in [1.165, 1.54) is 0 Å². The number of hydrogen-bond donors (Lipinski definition) is 1. The zero-order chi connectivity index (χ0) is 14.7. The van der Waals surface area contributed by atoms with Gasteiger partial charge in [0.2, 0.25) is 5.91 Å². The molecule has 5 nitrogen and oxygen atoms in total. The van der Waals surface area contributed by atoms with Crippen LogP contribution in [0.3, 0.4) is 0 Å². The summed E-state index contributed by atoms with van der Waals surface area (Å²) in [5, 5.41) is 9.28. The number of aliphatic carboxylic acids is 1. The van der Waals surface area contributed by atoms with Crippen molar-refractivity contribution in [1.29, 1.82) is 0 Å². The minimum atomic E-state index is -0.808. The Morgan fingerprint density at radius 2 is 1.70 bits per heavy atom. The zero-order valence-corrected chi connectivity index (χ0v) is 12.5. The van der Waals surface area contributed by atoms with E-state index in [0.717, 1.165) is 45.6 Å². The molecule has 1 unspecified atom stereocenters. The fraction of sp³-hybridized carbons (Fsp3) is 0.867. The number of carboxylic acids is 1. The number of carboxylic acid groups (broad SMARTS) is 1. The van der Waals surface area contributed by atoms with Crippen LogP contribution in [-0.4, -0.2) is 59.5 Å². The van der Waals surface area contributed by atoms with Crippen LogP contribution in [-0.2, 0) is 9.59 Å². The van der Waals surface area contributed by atoms with Crippen molar-refractivity contribution in [3.05, 3.63) is 0 Å². The Morgan fingerprint density at radius 3 is 2.25 bits per heavy atom. The number of rotatable bonds is 4. The minimum Gasteiger partial charge on any atom is -0.481 e. The summed E-state index contributed by atoms with van der Waals surface area (Å²) in [5.41, 5.74) is 0. The molecule has 0 spiro atoms. The van der Waals surface area contributed by atoms with Gasteiger partial charge in [0.05, 0.1) is 11.8 Å². The van der Waals surface area contributed by atoms with E-state index < -0.39 is 11.9 Å². The minimum absolute atomic E-state index is 0.0675. The van der Waals surface area contributed by atoms with E-state index in [4.69, 9.17) is 0 Å². The molecule has 3 atom stereocenters. The maximum Gasteiger partial charge on any atom is 0.307 e. The molecule has 1 amide bonds. The highest BCUT2D eigenvalue weighted by Gasteiger charge is 2.43. The Bertz CT molecular complexity index is 364. The first-order valence-electron chi connectivity index (χ1n) is 7.76. The highest BCUT2D eigenvalue weighted by molar-refractivity contribution is 5.85. The Labute approximate surface area is 120 Å². The maximum atomic E-state index is 12.6. The highest BCUT2D eigenvalue weighted by Crippen LogP contribution is 2.37. The molecule has 0 radical (unpaired) electrons. The molecule has 1 N–H and O–H groups in total. The Hall–Kier alpha value is -1.10. The van der Waals surface area contributed by atoms with E-state index in [2.05, 4.69) is 11.8 Å². The van der Waals surface area contributed by atoms with E-state index >= 15 is 0 Å². The zero-order valence-electron chi connectivity index (χ0n) is 12.5. The third kappa shape index (κ3) is 3.32. The lowest BCUT2D eigenvalue weighted by molar-refractivity contribution is -0.149. The lowest BCUT2D eigenvalue weighted by Crippen LogP contribution is -2.51. The first-order valence-corrected chi connectivity index (χ1v) is 7.76. The first-order chi connectivity index (χ1) is 9.52. The van der Waals surface area contributed by atoms with Gasteiger partial charge in [0.1, 0.15) is 0 Å². The van der Waals surface area contributed by atoms with Crippen molar-refractivity contribution in [2.45, 2.75) is 33.1 Å². The SMILES string of the molecule is CCCN1CCN(C(=O)[C@H]2CC(C)C[C@H]2C(=O)O)CC1. The van der Waals surface area contributed by atoms with Crippen LogP contribution in [0.2, 0.25) is 0 Å². The van der Waals surface area contributed by atoms with Gasteiger partial charge in [-0.15, -0.1) is 0 Å². The molecule has 114 valence electrons. The second-order valence-electron chi connectivity index (χ2n) is 6.29. The van der Waals surface area contributed by atoms with Crippen molar-refractivity contribution < 1.29 is 14.7 Å². The molecule has 2 aliphatic rings. The van der Waals surface area contributed by atoms with Crippen LogP contribution in [0, 0.1) is 17.8 Å². The van der Waals surface area contributed by atoms with Gasteiger partial charge in [-0.1, -0.05) is 13.8 Å². The molecule has 0 bridgehead atoms. The quantitative estimate of drug-likeness (QED) is 0.844. The fourth-order valence-electron chi connectivity index (χ4n) is 3.58. The van der Waals surface area contributed by atoms with Crippen molar-refractivity contribution in [1.82, 2.24) is 9.80 Å². The summed E-state index contributed by atoms with van der Waals surface area (Å²) < 4.78 is 0. The van der Waals surface area contributed by atoms with E-state index in [-0.39, 0.29) is 11.8 Å². The molecule has 0 aromatic rings. The standard InChI is InChI=1S/C15H26N2O3/c1-3-4-16-5-7-17(8-6-16)14(18)12-9-11(2)10-13(12)15(19)20/h11-13H,3-10H2,1-2H3,(H,19,20)/t11?,12-,13+/m0/s1. The summed E-state index contributed by atoms with van der Waals surface area (Å²) >= 11 is 0. The summed E-state index contributed by atoms with van der Waals surface area (Å²) in [6.07, 6.45) is 2.50. The van der Waals surface area contributed by atoms with Crippen LogP contribution in [0.1, 0.15) is 33.1 Å². The fourth-order valence-corrected chi connectivity index (χ4v) is 3.58. The van der Waals surface area contributed by atoms with Gasteiger partial charge in [-0.3, -0.25) is 14.5 Å². The molecule has 20 heavy (non-hydrogen) atoms. The highest BCUT2D eigenvalue weighted by atomic mass is 16.4. The second-order valence-corrected chi connectivity index (χ2v) is 6.29. The molecule has 1 heterocycles. The predicted molar refractivity (Wildman–Crippen MR) is 76.3 cm³/mol. The number of carbonyl (C=O) groups excluding carboxylic acids is 1. The molecule has 2 rings (SSSR count). The van der Waals surface area contributed by atoms with Crippen LogP contribution < -0.4 is 0 Å². The molecule has 2 fully saturated rings. The Kier molecular flexibility index (Phi) is 5.02. The van der Waals surface area contributed by atoms with E-state index in [9.17, 15) is 14.7 Å². The van der Waals surface area contributed by atoms with Gasteiger partial charge in [0.15, 0.2) is 0 Å². The topological polar surface area (TPSA) is 60.9 Å². The third-order valence-electron chi connectivity index (χ3n) is 4.66. The molecule has 1 aliphatic heterocycles. The van der Waals surface area contributed by atoms with Crippen LogP contribution in [0.5, 0.6) is 0 Å². The van der Waals surface area contributed by atoms with Crippen LogP contribution >= 0.6 is 0 Å². The molecule has 5 heteroatoms. The van der Waals surface area contributed by atoms with Gasteiger partial charge in [-0.2, -0.15) is 0 Å². The smallest absolute Gasteiger partial charge is 0.307 e. The van der Waals surface area contributed by atoms with Crippen LogP contribution in [0.15, 0.2) is 0 Å². The van der Waals surface area contributed by atoms with Gasteiger partial charge >= 0.3 is 5.97 Å². The molecular formula is C15H26N2O3. The number of amides is 1. The summed E-state index contributed by atoms with van der Waals surface area (Å²) in [7, 11) is 0. The van der Waals surface area contributed by atoms with Crippen molar-refractivity contribution in [3.63, 3.8) is 0 Å². The van der Waals surface area contributed by atoms with Gasteiger partial charge in [-0.25, -0.2) is 0 Å². The molecule has 0 aromatic carbocycles. The Morgan fingerprint density at radius 1 is 1.10 bits per heavy atom. The number of nitrogens with zero attached hydrogens (tertiary/aromatic N) is 2. The van der Waals surface area contributed by atoms with Crippen molar-refractivity contribution in [2.24, 2.45) is 17.8 Å². The van der Waals surface area contributed by atoms with Gasteiger partial charge in [0, 0.05) is 26.2 Å².